The molecular formula is C29H19ClO. The first kappa shape index (κ1) is 20.5. The fourth-order valence-corrected chi connectivity index (χ4v) is 3.33. The van der Waals surface area contributed by atoms with E-state index in [-0.39, 0.29) is 0 Å². The fourth-order valence-electron chi connectivity index (χ4n) is 3.20. The maximum absolute atomic E-state index is 11.6. The fraction of sp³-hybridized carbons (Fsp3) is 0.0345. The van der Waals surface area contributed by atoms with Crippen molar-refractivity contribution in [1.29, 1.82) is 0 Å². The third kappa shape index (κ3) is 4.88. The molecule has 0 atom stereocenters. The zero-order valence-corrected chi connectivity index (χ0v) is 17.5. The summed E-state index contributed by atoms with van der Waals surface area (Å²) in [5, 5.41) is 12.3. The Bertz CT molecular complexity index is 1250. The monoisotopic (exact) mass is 418 g/mol. The number of benzene rings is 4. The van der Waals surface area contributed by atoms with Crippen molar-refractivity contribution in [3.63, 3.8) is 0 Å². The quantitative estimate of drug-likeness (QED) is 0.394. The van der Waals surface area contributed by atoms with Gasteiger partial charge in [-0.05, 0) is 36.4 Å². The largest absolute Gasteiger partial charge is 0.369 e. The van der Waals surface area contributed by atoms with Crippen molar-refractivity contribution >= 4 is 11.6 Å². The molecule has 0 spiro atoms. The van der Waals surface area contributed by atoms with Gasteiger partial charge in [0.2, 0.25) is 0 Å². The molecule has 0 aliphatic rings. The third-order valence-electron chi connectivity index (χ3n) is 4.87. The average molecular weight is 419 g/mol. The van der Waals surface area contributed by atoms with Crippen molar-refractivity contribution in [3.05, 3.63) is 142 Å². The molecule has 4 aromatic carbocycles. The Morgan fingerprint density at radius 3 is 1.58 bits per heavy atom. The van der Waals surface area contributed by atoms with E-state index < -0.39 is 5.60 Å². The Morgan fingerprint density at radius 2 is 1.03 bits per heavy atom. The van der Waals surface area contributed by atoms with Crippen molar-refractivity contribution in [2.75, 3.05) is 0 Å². The van der Waals surface area contributed by atoms with Gasteiger partial charge in [-0.3, -0.25) is 0 Å². The van der Waals surface area contributed by atoms with E-state index in [0.29, 0.717) is 5.02 Å². The van der Waals surface area contributed by atoms with Crippen LogP contribution in [0.5, 0.6) is 0 Å². The lowest BCUT2D eigenvalue weighted by Gasteiger charge is -2.23. The van der Waals surface area contributed by atoms with Crippen molar-refractivity contribution in [1.82, 2.24) is 0 Å². The van der Waals surface area contributed by atoms with E-state index in [9.17, 15) is 5.11 Å². The molecule has 0 fully saturated rings. The second-order valence-electron chi connectivity index (χ2n) is 6.99. The molecule has 148 valence electrons. The molecule has 1 N–H and O–H groups in total. The van der Waals surface area contributed by atoms with Gasteiger partial charge in [0.1, 0.15) is 0 Å². The molecule has 0 aliphatic carbocycles. The lowest BCUT2D eigenvalue weighted by atomic mass is 9.86. The summed E-state index contributed by atoms with van der Waals surface area (Å²) in [6, 6.07) is 34.1. The number of hydrogen-bond acceptors (Lipinski definition) is 1. The molecule has 0 aromatic heterocycles. The Kier molecular flexibility index (Phi) is 6.21. The summed E-state index contributed by atoms with van der Waals surface area (Å²) in [5.41, 5.74) is 2.44. The molecule has 0 aliphatic heterocycles. The highest BCUT2D eigenvalue weighted by molar-refractivity contribution is 6.30. The first-order valence-corrected chi connectivity index (χ1v) is 10.3. The lowest BCUT2D eigenvalue weighted by molar-refractivity contribution is 0.145. The molecule has 4 aromatic rings. The van der Waals surface area contributed by atoms with Crippen LogP contribution in [0.25, 0.3) is 0 Å². The molecule has 0 unspecified atom stereocenters. The number of halogens is 1. The molecule has 31 heavy (non-hydrogen) atoms. The van der Waals surface area contributed by atoms with Gasteiger partial charge in [-0.25, -0.2) is 0 Å². The van der Waals surface area contributed by atoms with E-state index in [1.165, 1.54) is 0 Å². The van der Waals surface area contributed by atoms with E-state index in [2.05, 4.69) is 23.7 Å². The van der Waals surface area contributed by atoms with Crippen molar-refractivity contribution in [2.24, 2.45) is 0 Å². The first-order valence-electron chi connectivity index (χ1n) is 9.88. The molecule has 0 saturated carbocycles. The summed E-state index contributed by atoms with van der Waals surface area (Å²) in [6.07, 6.45) is 0. The average Bonchev–Trinajstić information content (AvgIpc) is 2.84. The number of hydrogen-bond donors (Lipinski definition) is 1. The lowest BCUT2D eigenvalue weighted by Crippen LogP contribution is -2.25. The summed E-state index contributed by atoms with van der Waals surface area (Å²) in [4.78, 5) is 0. The predicted molar refractivity (Wildman–Crippen MR) is 127 cm³/mol. The minimum absolute atomic E-state index is 0.679. The Morgan fingerprint density at radius 1 is 0.548 bits per heavy atom. The molecular weight excluding hydrogens is 400 g/mol. The molecule has 4 rings (SSSR count). The molecule has 0 bridgehead atoms. The number of aliphatic hydroxyl groups is 1. The summed E-state index contributed by atoms with van der Waals surface area (Å²) < 4.78 is 0. The molecule has 0 heterocycles. The van der Waals surface area contributed by atoms with Crippen molar-refractivity contribution in [2.45, 2.75) is 5.60 Å². The molecule has 0 amide bonds. The van der Waals surface area contributed by atoms with Crippen LogP contribution in [0.3, 0.4) is 0 Å². The Balaban J connectivity index is 1.76. The molecule has 0 radical (unpaired) electrons. The zero-order valence-electron chi connectivity index (χ0n) is 16.7. The van der Waals surface area contributed by atoms with Crippen molar-refractivity contribution < 1.29 is 5.11 Å². The Hall–Kier alpha value is -3.75. The van der Waals surface area contributed by atoms with E-state index in [0.717, 1.165) is 27.8 Å². The maximum Gasteiger partial charge on any atom is 0.177 e. The van der Waals surface area contributed by atoms with E-state index in [1.807, 2.05) is 109 Å². The third-order valence-corrected chi connectivity index (χ3v) is 5.13. The minimum Gasteiger partial charge on any atom is -0.369 e. The Labute approximate surface area is 188 Å². The summed E-state index contributed by atoms with van der Waals surface area (Å²) in [7, 11) is 0. The standard InChI is InChI=1S/C29H19ClO/c30-28-19-16-23(17-20-28)15-18-24-9-7-8-10-25(24)21-22-29(31,26-11-3-1-4-12-26)27-13-5-2-6-14-27/h1-14,16-17,19-20,31H. The van der Waals surface area contributed by atoms with Gasteiger partial charge in [-0.1, -0.05) is 108 Å². The second-order valence-corrected chi connectivity index (χ2v) is 7.43. The maximum atomic E-state index is 11.6. The van der Waals surface area contributed by atoms with E-state index in [4.69, 9.17) is 11.6 Å². The van der Waals surface area contributed by atoms with Gasteiger partial charge in [0.15, 0.2) is 5.60 Å². The zero-order chi connectivity index (χ0) is 21.5. The number of rotatable bonds is 2. The first-order chi connectivity index (χ1) is 15.1. The van der Waals surface area contributed by atoms with Gasteiger partial charge >= 0.3 is 0 Å². The topological polar surface area (TPSA) is 20.2 Å². The predicted octanol–water partition coefficient (Wildman–Crippen LogP) is 6.03. The van der Waals surface area contributed by atoms with Crippen LogP contribution in [0, 0.1) is 23.7 Å². The van der Waals surface area contributed by atoms with Crippen LogP contribution in [0.4, 0.5) is 0 Å². The van der Waals surface area contributed by atoms with Gasteiger partial charge in [-0.15, -0.1) is 0 Å². The highest BCUT2D eigenvalue weighted by atomic mass is 35.5. The van der Waals surface area contributed by atoms with Crippen molar-refractivity contribution in [3.8, 4) is 23.7 Å². The van der Waals surface area contributed by atoms with Crippen LogP contribution < -0.4 is 0 Å². The summed E-state index contributed by atoms with van der Waals surface area (Å²) >= 11 is 5.95. The van der Waals surface area contributed by atoms with E-state index in [1.54, 1.807) is 0 Å². The van der Waals surface area contributed by atoms with Crippen LogP contribution in [-0.2, 0) is 5.60 Å². The van der Waals surface area contributed by atoms with E-state index >= 15 is 0 Å². The van der Waals surface area contributed by atoms with Crippen LogP contribution in [0.1, 0.15) is 27.8 Å². The normalized spacial score (nSPS) is 10.4. The van der Waals surface area contributed by atoms with Crippen LogP contribution in [0.15, 0.2) is 109 Å². The van der Waals surface area contributed by atoms with Gasteiger partial charge in [0.05, 0.1) is 0 Å². The second kappa shape index (κ2) is 9.38. The SMILES string of the molecule is OC(C#Cc1ccccc1C#Cc1ccc(Cl)cc1)(c1ccccc1)c1ccccc1. The van der Waals surface area contributed by atoms with Gasteiger partial charge in [-0.2, -0.15) is 0 Å². The summed E-state index contributed by atoms with van der Waals surface area (Å²) in [6.45, 7) is 0. The van der Waals surface area contributed by atoms with Crippen LogP contribution >= 0.6 is 11.6 Å². The highest BCUT2D eigenvalue weighted by Crippen LogP contribution is 2.29. The molecule has 0 saturated heterocycles. The van der Waals surface area contributed by atoms with Gasteiger partial charge in [0, 0.05) is 32.8 Å². The molecule has 1 nitrogen and oxygen atoms in total. The summed E-state index contributed by atoms with van der Waals surface area (Å²) in [5.74, 6) is 12.6. The smallest absolute Gasteiger partial charge is 0.177 e. The van der Waals surface area contributed by atoms with Gasteiger partial charge < -0.3 is 5.11 Å². The molecule has 2 heteroatoms. The minimum atomic E-state index is -1.43. The van der Waals surface area contributed by atoms with Crippen LogP contribution in [0.2, 0.25) is 5.02 Å². The van der Waals surface area contributed by atoms with Gasteiger partial charge in [0.25, 0.3) is 0 Å². The van der Waals surface area contributed by atoms with Crippen LogP contribution in [-0.4, -0.2) is 5.11 Å². The highest BCUT2D eigenvalue weighted by Gasteiger charge is 2.29.